The number of fused-ring (bicyclic) bond motifs is 1. The van der Waals surface area contributed by atoms with Gasteiger partial charge in [-0.2, -0.15) is 10.2 Å². The van der Waals surface area contributed by atoms with Crippen molar-refractivity contribution >= 4 is 23.0 Å². The van der Waals surface area contributed by atoms with Gasteiger partial charge in [-0.1, -0.05) is 12.1 Å². The van der Waals surface area contributed by atoms with E-state index in [-0.39, 0.29) is 11.8 Å². The minimum Gasteiger partial charge on any atom is -0.356 e. The van der Waals surface area contributed by atoms with E-state index in [1.807, 2.05) is 74.8 Å². The number of nitrogens with zero attached hydrogens (tertiary/aromatic N) is 6. The van der Waals surface area contributed by atoms with E-state index in [0.717, 1.165) is 71.5 Å². The smallest absolute Gasteiger partial charge is 0.214 e. The average molecular weight is 502 g/mol. The zero-order chi connectivity index (χ0) is 26.2. The summed E-state index contributed by atoms with van der Waals surface area (Å²) >= 11 is 0. The summed E-state index contributed by atoms with van der Waals surface area (Å²) in [5, 5.41) is 13.6. The number of aromatic amines is 1. The number of nitrogens with one attached hydrogen (secondary N) is 1. The van der Waals surface area contributed by atoms with Gasteiger partial charge in [-0.15, -0.1) is 0 Å². The first kappa shape index (κ1) is 25.1. The van der Waals surface area contributed by atoms with E-state index in [1.165, 1.54) is 0 Å². The molecule has 1 saturated heterocycles. The summed E-state index contributed by atoms with van der Waals surface area (Å²) in [5.41, 5.74) is 4.18. The standard InChI is InChI=1S/C28H35N7O2/c1-28(2,3)34(18-36)21-10-8-9-19(15-21)26-22-16-20(27-29-24(30-31-27)17-33(4)5)12-13-23(22)35(32-26)25-11-6-7-14-37-25/h8-10,12-13,15-16,18,25H,6-7,11,14,17H2,1-5H3,(H,29,30,31). The molecule has 4 aromatic rings. The largest absolute Gasteiger partial charge is 0.356 e. The number of anilines is 1. The third-order valence-electron chi connectivity index (χ3n) is 6.62. The summed E-state index contributed by atoms with van der Waals surface area (Å²) in [6.07, 6.45) is 3.90. The lowest BCUT2D eigenvalue weighted by Crippen LogP contribution is -2.40. The van der Waals surface area contributed by atoms with Crippen molar-refractivity contribution in [3.8, 4) is 22.6 Å². The molecule has 1 fully saturated rings. The first-order valence-corrected chi connectivity index (χ1v) is 12.8. The van der Waals surface area contributed by atoms with Gasteiger partial charge in [0.1, 0.15) is 11.5 Å². The first-order valence-electron chi connectivity index (χ1n) is 12.8. The highest BCUT2D eigenvalue weighted by Crippen LogP contribution is 2.36. The zero-order valence-electron chi connectivity index (χ0n) is 22.2. The van der Waals surface area contributed by atoms with Crippen molar-refractivity contribution in [3.05, 3.63) is 48.3 Å². The second-order valence-electron chi connectivity index (χ2n) is 10.9. The maximum absolute atomic E-state index is 12.0. The molecule has 1 atom stereocenters. The molecule has 2 aromatic carbocycles. The van der Waals surface area contributed by atoms with Crippen LogP contribution in [0.25, 0.3) is 33.5 Å². The number of carbonyl (C=O) groups is 1. The fraction of sp³-hybridized carbons (Fsp3) is 0.429. The molecule has 5 rings (SSSR count). The van der Waals surface area contributed by atoms with Crippen LogP contribution in [0.1, 0.15) is 52.1 Å². The Morgan fingerprint density at radius 3 is 2.68 bits per heavy atom. The molecule has 0 spiro atoms. The summed E-state index contributed by atoms with van der Waals surface area (Å²) in [4.78, 5) is 20.4. The van der Waals surface area contributed by atoms with Gasteiger partial charge >= 0.3 is 0 Å². The Hall–Kier alpha value is -3.56. The molecule has 1 N–H and O–H groups in total. The maximum Gasteiger partial charge on any atom is 0.214 e. The Labute approximate surface area is 217 Å². The van der Waals surface area contributed by atoms with Crippen molar-refractivity contribution in [1.29, 1.82) is 0 Å². The van der Waals surface area contributed by atoms with Crippen molar-refractivity contribution in [3.63, 3.8) is 0 Å². The predicted octanol–water partition coefficient (Wildman–Crippen LogP) is 5.01. The number of carbonyl (C=O) groups excluding carboxylic acids is 1. The number of H-pyrrole nitrogens is 1. The van der Waals surface area contributed by atoms with Gasteiger partial charge in [-0.25, -0.2) is 9.67 Å². The Bertz CT molecular complexity index is 1390. The first-order chi connectivity index (χ1) is 17.7. The van der Waals surface area contributed by atoms with Crippen LogP contribution in [0.2, 0.25) is 0 Å². The second-order valence-corrected chi connectivity index (χ2v) is 10.9. The lowest BCUT2D eigenvalue weighted by Gasteiger charge is -2.32. The molecule has 9 nitrogen and oxygen atoms in total. The molecule has 1 unspecified atom stereocenters. The monoisotopic (exact) mass is 501 g/mol. The van der Waals surface area contributed by atoms with Gasteiger partial charge in [0.05, 0.1) is 12.1 Å². The van der Waals surface area contributed by atoms with Crippen molar-refractivity contribution in [2.45, 2.75) is 58.3 Å². The molecule has 1 amide bonds. The van der Waals surface area contributed by atoms with E-state index in [0.29, 0.717) is 12.4 Å². The number of aromatic nitrogens is 5. The molecule has 3 heterocycles. The van der Waals surface area contributed by atoms with Gasteiger partial charge in [0.25, 0.3) is 0 Å². The highest BCUT2D eigenvalue weighted by atomic mass is 16.5. The van der Waals surface area contributed by atoms with Crippen LogP contribution < -0.4 is 4.90 Å². The molecule has 194 valence electrons. The van der Waals surface area contributed by atoms with Crippen LogP contribution in [0.3, 0.4) is 0 Å². The number of hydrogen-bond donors (Lipinski definition) is 1. The van der Waals surface area contributed by atoms with Gasteiger partial charge in [0.15, 0.2) is 12.1 Å². The quantitative estimate of drug-likeness (QED) is 0.358. The molecule has 1 aliphatic heterocycles. The topological polar surface area (TPSA) is 92.2 Å². The molecule has 0 saturated carbocycles. The van der Waals surface area contributed by atoms with Crippen LogP contribution in [0, 0.1) is 0 Å². The Kier molecular flexibility index (Phi) is 6.83. The molecule has 0 aliphatic carbocycles. The van der Waals surface area contributed by atoms with E-state index < -0.39 is 0 Å². The molecule has 9 heteroatoms. The van der Waals surface area contributed by atoms with Crippen LogP contribution >= 0.6 is 0 Å². The van der Waals surface area contributed by atoms with Crippen molar-refractivity contribution < 1.29 is 9.53 Å². The summed E-state index contributed by atoms with van der Waals surface area (Å²) in [5.74, 6) is 1.47. The molecule has 37 heavy (non-hydrogen) atoms. The summed E-state index contributed by atoms with van der Waals surface area (Å²) < 4.78 is 8.12. The van der Waals surface area contributed by atoms with Crippen LogP contribution in [0.5, 0.6) is 0 Å². The van der Waals surface area contributed by atoms with Crippen LogP contribution in [-0.4, -0.2) is 62.5 Å². The lowest BCUT2D eigenvalue weighted by atomic mass is 10.0. The number of amides is 1. The maximum atomic E-state index is 12.0. The number of rotatable bonds is 7. The Morgan fingerprint density at radius 2 is 1.97 bits per heavy atom. The molecule has 0 radical (unpaired) electrons. The van der Waals surface area contributed by atoms with Crippen molar-refractivity contribution in [2.24, 2.45) is 0 Å². The Balaban J connectivity index is 1.63. The van der Waals surface area contributed by atoms with Crippen LogP contribution in [0.4, 0.5) is 5.69 Å². The lowest BCUT2D eigenvalue weighted by molar-refractivity contribution is -0.108. The van der Waals surface area contributed by atoms with Gasteiger partial charge < -0.3 is 14.5 Å². The van der Waals surface area contributed by atoms with Crippen LogP contribution in [-0.2, 0) is 16.1 Å². The van der Waals surface area contributed by atoms with E-state index >= 15 is 0 Å². The van der Waals surface area contributed by atoms with E-state index in [9.17, 15) is 4.79 Å². The molecular formula is C28H35N7O2. The van der Waals surface area contributed by atoms with Gasteiger partial charge in [0.2, 0.25) is 6.41 Å². The van der Waals surface area contributed by atoms with Crippen molar-refractivity contribution in [1.82, 2.24) is 29.9 Å². The molecule has 2 aromatic heterocycles. The third kappa shape index (κ3) is 5.14. The summed E-state index contributed by atoms with van der Waals surface area (Å²) in [6.45, 7) is 7.48. The van der Waals surface area contributed by atoms with Gasteiger partial charge in [0, 0.05) is 34.3 Å². The minimum atomic E-state index is -0.346. The molecule has 0 bridgehead atoms. The van der Waals surface area contributed by atoms with E-state index in [4.69, 9.17) is 14.8 Å². The Morgan fingerprint density at radius 1 is 1.14 bits per heavy atom. The predicted molar refractivity (Wildman–Crippen MR) is 145 cm³/mol. The van der Waals surface area contributed by atoms with E-state index in [2.05, 4.69) is 22.3 Å². The number of hydrogen-bond acceptors (Lipinski definition) is 6. The molecular weight excluding hydrogens is 466 g/mol. The zero-order valence-corrected chi connectivity index (χ0v) is 22.2. The van der Waals surface area contributed by atoms with Crippen LogP contribution in [0.15, 0.2) is 42.5 Å². The fourth-order valence-corrected chi connectivity index (χ4v) is 4.83. The molecule has 1 aliphatic rings. The van der Waals surface area contributed by atoms with Gasteiger partial charge in [-0.3, -0.25) is 9.89 Å². The highest BCUT2D eigenvalue weighted by Gasteiger charge is 2.25. The highest BCUT2D eigenvalue weighted by molar-refractivity contribution is 5.96. The summed E-state index contributed by atoms with van der Waals surface area (Å²) in [6, 6.07) is 14.2. The normalized spacial score (nSPS) is 16.4. The fourth-order valence-electron chi connectivity index (χ4n) is 4.83. The summed E-state index contributed by atoms with van der Waals surface area (Å²) in [7, 11) is 4.00. The third-order valence-corrected chi connectivity index (χ3v) is 6.62. The average Bonchev–Trinajstić information content (AvgIpc) is 3.48. The SMILES string of the molecule is CN(C)Cc1nc(-c2ccc3c(c2)c(-c2cccc(N(C=O)C(C)(C)C)c2)nn3C2CCCCO2)n[nH]1. The number of benzene rings is 2. The van der Waals surface area contributed by atoms with E-state index in [1.54, 1.807) is 4.90 Å². The van der Waals surface area contributed by atoms with Gasteiger partial charge in [-0.05, 0) is 84.5 Å². The van der Waals surface area contributed by atoms with Crippen molar-refractivity contribution in [2.75, 3.05) is 25.6 Å². The minimum absolute atomic E-state index is 0.102. The second kappa shape index (κ2) is 10.1. The number of ether oxygens (including phenoxy) is 1.